The first-order chi connectivity index (χ1) is 36.0. The van der Waals surface area contributed by atoms with E-state index < -0.39 is 77.0 Å². The van der Waals surface area contributed by atoms with E-state index in [9.17, 15) is 53.3 Å². The van der Waals surface area contributed by atoms with Crippen molar-refractivity contribution in [2.24, 2.45) is 0 Å². The Kier molecular flexibility index (Phi) is 14.0. The third kappa shape index (κ3) is 11.2. The number of nitrogens with zero attached hydrogens (tertiary/aromatic N) is 4. The van der Waals surface area contributed by atoms with E-state index in [1.807, 2.05) is 79.6 Å². The molecule has 0 spiro atoms. The normalized spacial score (nSPS) is 16.0. The molecule has 3 N–H and O–H groups in total. The van der Waals surface area contributed by atoms with Crippen molar-refractivity contribution in [3.05, 3.63) is 164 Å². The van der Waals surface area contributed by atoms with Crippen LogP contribution in [-0.2, 0) is 41.7 Å². The summed E-state index contributed by atoms with van der Waals surface area (Å²) in [6.45, 7) is 7.04. The molecule has 5 aromatic rings. The van der Waals surface area contributed by atoms with Gasteiger partial charge >= 0.3 is 0 Å². The van der Waals surface area contributed by atoms with Gasteiger partial charge < -0.3 is 29.3 Å². The molecule has 400 valence electrons. The van der Waals surface area contributed by atoms with Crippen molar-refractivity contribution < 1.29 is 58.0 Å². The summed E-state index contributed by atoms with van der Waals surface area (Å²) in [5.41, 5.74) is 3.53. The molecular formula is C56H55N5O13S3. The van der Waals surface area contributed by atoms with Gasteiger partial charge in [-0.15, -0.1) is 0 Å². The zero-order valence-corrected chi connectivity index (χ0v) is 45.6. The maximum Gasteiger partial charge on any atom is 0.269 e. The van der Waals surface area contributed by atoms with Crippen LogP contribution in [0.15, 0.2) is 103 Å². The molecule has 3 amide bonds. The number of hydrogen-bond donors (Lipinski definition) is 3. The average molecular weight is 1100 g/mol. The number of ether oxygens (including phenoxy) is 1. The highest BCUT2D eigenvalue weighted by molar-refractivity contribution is 7.86. The van der Waals surface area contributed by atoms with Crippen LogP contribution in [0.3, 0.4) is 0 Å². The molecule has 4 aliphatic rings. The van der Waals surface area contributed by atoms with Gasteiger partial charge in [-0.2, -0.15) is 16.8 Å². The molecule has 0 bridgehead atoms. The highest BCUT2D eigenvalue weighted by Crippen LogP contribution is 2.47. The second-order valence-electron chi connectivity index (χ2n) is 20.6. The monoisotopic (exact) mass is 1100 g/mol. The lowest BCUT2D eigenvalue weighted by Crippen LogP contribution is -2.47. The Morgan fingerprint density at radius 2 is 1.45 bits per heavy atom. The van der Waals surface area contributed by atoms with Crippen molar-refractivity contribution in [3.8, 4) is 23.3 Å². The molecule has 4 heterocycles. The maximum absolute atomic E-state index is 14.9. The number of anilines is 2. The van der Waals surface area contributed by atoms with Crippen molar-refractivity contribution >= 4 is 76.2 Å². The number of carbonyl (C=O) groups excluding carboxylic acids is 3. The van der Waals surface area contributed by atoms with Gasteiger partial charge in [-0.1, -0.05) is 54.3 Å². The summed E-state index contributed by atoms with van der Waals surface area (Å²) in [6, 6.07) is 25.7. The average Bonchev–Trinajstić information content (AvgIpc) is 3.36. The minimum Gasteiger partial charge on any atom is -0.748 e. The number of benzene rings is 5. The Bertz CT molecular complexity index is 4020. The van der Waals surface area contributed by atoms with Gasteiger partial charge in [0.05, 0.1) is 51.0 Å². The zero-order valence-electron chi connectivity index (χ0n) is 43.2. The van der Waals surface area contributed by atoms with E-state index in [2.05, 4.69) is 17.2 Å². The number of para-hydroxylation sites is 1. The molecule has 77 heavy (non-hydrogen) atoms. The molecule has 0 radical (unpaired) electrons. The predicted octanol–water partition coefficient (Wildman–Crippen LogP) is 4.41. The van der Waals surface area contributed by atoms with Gasteiger partial charge in [0.2, 0.25) is 11.3 Å². The summed E-state index contributed by atoms with van der Waals surface area (Å²) in [7, 11) is -9.10. The van der Waals surface area contributed by atoms with E-state index in [0.717, 1.165) is 16.0 Å². The highest BCUT2D eigenvalue weighted by atomic mass is 32.2. The molecule has 0 atom stereocenters. The van der Waals surface area contributed by atoms with Gasteiger partial charge in [-0.3, -0.25) is 23.5 Å². The molecular weight excluding hydrogens is 1050 g/mol. The van der Waals surface area contributed by atoms with Crippen molar-refractivity contribution in [2.75, 3.05) is 61.3 Å². The molecule has 0 aromatic heterocycles. The van der Waals surface area contributed by atoms with Crippen LogP contribution in [0.2, 0.25) is 0 Å². The summed E-state index contributed by atoms with van der Waals surface area (Å²) in [6.07, 6.45) is 3.26. The van der Waals surface area contributed by atoms with Crippen molar-refractivity contribution in [2.45, 2.75) is 51.7 Å². The zero-order chi connectivity index (χ0) is 55.7. The van der Waals surface area contributed by atoms with Crippen LogP contribution < -0.4 is 35.0 Å². The summed E-state index contributed by atoms with van der Waals surface area (Å²) in [4.78, 5) is 47.8. The van der Waals surface area contributed by atoms with Gasteiger partial charge in [0.1, 0.15) is 24.3 Å². The quantitative estimate of drug-likeness (QED) is 0.0824. The Hall–Kier alpha value is -7.45. The lowest BCUT2D eigenvalue weighted by atomic mass is 9.83. The van der Waals surface area contributed by atoms with E-state index in [1.165, 1.54) is 25.2 Å². The lowest BCUT2D eigenvalue weighted by Gasteiger charge is -2.42. The topological polar surface area (TPSA) is 251 Å². The van der Waals surface area contributed by atoms with Crippen LogP contribution in [0, 0.1) is 11.8 Å². The van der Waals surface area contributed by atoms with Gasteiger partial charge in [0.25, 0.3) is 32.1 Å². The first-order valence-corrected chi connectivity index (χ1v) is 29.1. The van der Waals surface area contributed by atoms with Crippen LogP contribution in [0.25, 0.3) is 16.7 Å². The molecule has 0 saturated heterocycles. The standard InChI is InChI=1S/C56H55N5O13S3/c1-55(2)29-38(32-76(68,69)70)41-25-44-49(27-47(41)59(55)6)74-50-28-48-42(39(33-77(71,72)73)30-56(3,4)60(48)7)26-45(50)52(44)40-19-18-36(24-43(40)54(64)58(5)22-23-75(65,66)67)53(63)57-21-20-51(62)61-31-37-14-9-8-12-34(37)16-17-35-13-10-11-15-46(35)61/h8-15,18-19,24-30H,20-23,31-33H2,1-7H3,(H3-,57,63,65,66,67,68,69,70,71,72,73). The van der Waals surface area contributed by atoms with E-state index in [1.54, 1.807) is 61.5 Å². The largest absolute Gasteiger partial charge is 0.748 e. The molecule has 0 aliphatic carbocycles. The summed E-state index contributed by atoms with van der Waals surface area (Å²) < 4.78 is 115. The molecule has 9 rings (SSSR count). The molecule has 0 saturated carbocycles. The summed E-state index contributed by atoms with van der Waals surface area (Å²) in [5, 5.41) is 3.62. The van der Waals surface area contributed by atoms with Gasteiger partial charge in [0.15, 0.2) is 5.54 Å². The second-order valence-corrected chi connectivity index (χ2v) is 25.0. The number of rotatable bonds is 13. The fraction of sp³-hybridized carbons (Fsp3) is 0.286. The first kappa shape index (κ1) is 54.3. The number of nitrogens with one attached hydrogen (secondary N) is 1. The molecule has 5 aromatic carbocycles. The smallest absolute Gasteiger partial charge is 0.269 e. The summed E-state index contributed by atoms with van der Waals surface area (Å²) in [5.74, 6) is 2.60. The Labute approximate surface area is 446 Å². The molecule has 4 aliphatic heterocycles. The summed E-state index contributed by atoms with van der Waals surface area (Å²) >= 11 is 0. The van der Waals surface area contributed by atoms with Crippen LogP contribution in [0.5, 0.6) is 11.5 Å². The second kappa shape index (κ2) is 19.8. The number of hydrogen-bond acceptors (Lipinski definition) is 12. The van der Waals surface area contributed by atoms with Gasteiger partial charge in [-0.25, -0.2) is 13.0 Å². The molecule has 0 fully saturated rings. The fourth-order valence-corrected chi connectivity index (χ4v) is 11.9. The predicted molar refractivity (Wildman–Crippen MR) is 291 cm³/mol. The van der Waals surface area contributed by atoms with Gasteiger partial charge in [-0.05, 0) is 84.7 Å². The fourth-order valence-electron chi connectivity index (χ4n) is 10.1. The van der Waals surface area contributed by atoms with E-state index in [-0.39, 0.29) is 75.9 Å². The van der Waals surface area contributed by atoms with Crippen LogP contribution >= 0.6 is 0 Å². The third-order valence-electron chi connectivity index (χ3n) is 14.4. The number of carbonyl (C=O) groups is 3. The van der Waals surface area contributed by atoms with Crippen molar-refractivity contribution in [1.29, 1.82) is 0 Å². The maximum atomic E-state index is 14.9. The van der Waals surface area contributed by atoms with Gasteiger partial charge in [0, 0.05) is 103 Å². The van der Waals surface area contributed by atoms with E-state index in [0.29, 0.717) is 38.6 Å². The van der Waals surface area contributed by atoms with Crippen molar-refractivity contribution in [1.82, 2.24) is 14.8 Å². The van der Waals surface area contributed by atoms with Crippen molar-refractivity contribution in [3.63, 3.8) is 0 Å². The molecule has 21 heteroatoms. The minimum atomic E-state index is -4.85. The minimum absolute atomic E-state index is 0.0329. The highest BCUT2D eigenvalue weighted by Gasteiger charge is 2.38. The SMILES string of the molecule is CN(CCS(=O)(=O)O)C(=O)c1cc(C(=O)NCCC(=O)N2Cc3ccccc3C#Cc3ccccc32)ccc1C1=c2cc3c(cc2Oc2cc4c(cc21)C(CS(=O)(=O)[O-])=CC(C)(C)N4C)=[N+](C)C(C)(C)C=C3CS(=O)(=O)O. The Balaban J connectivity index is 1.20. The Morgan fingerprint density at radius 3 is 2.16 bits per heavy atom. The first-order valence-electron chi connectivity index (χ1n) is 24.3. The van der Waals surface area contributed by atoms with E-state index in [4.69, 9.17) is 4.74 Å². The Morgan fingerprint density at radius 1 is 0.779 bits per heavy atom. The number of fused-ring (bicyclic) bond motifs is 6. The molecule has 18 nitrogen and oxygen atoms in total. The number of amides is 3. The van der Waals surface area contributed by atoms with Crippen LogP contribution in [0.4, 0.5) is 11.4 Å². The van der Waals surface area contributed by atoms with Crippen LogP contribution in [-0.4, -0.2) is 124 Å². The van der Waals surface area contributed by atoms with Crippen LogP contribution in [0.1, 0.15) is 93.8 Å². The lowest BCUT2D eigenvalue weighted by molar-refractivity contribution is -0.118. The number of likely N-dealkylation sites (N-methyl/N-ethyl adjacent to an activating group) is 2. The molecule has 0 unspecified atom stereocenters. The third-order valence-corrected chi connectivity index (χ3v) is 16.5. The van der Waals surface area contributed by atoms with E-state index >= 15 is 0 Å².